The Morgan fingerprint density at radius 3 is 2.19 bits per heavy atom. The van der Waals surface area contributed by atoms with Crippen molar-refractivity contribution in [3.63, 3.8) is 0 Å². The fourth-order valence-corrected chi connectivity index (χ4v) is 9.10. The first kappa shape index (κ1) is 40.9. The molecule has 0 radical (unpaired) electrons. The molecule has 4 N–H and O–H groups in total. The predicted octanol–water partition coefficient (Wildman–Crippen LogP) is 3.98. The summed E-state index contributed by atoms with van der Waals surface area (Å²) in [5.74, 6) is -2.47. The van der Waals surface area contributed by atoms with Gasteiger partial charge in [-0.15, -0.1) is 17.5 Å². The van der Waals surface area contributed by atoms with Crippen LogP contribution in [0.2, 0.25) is 0 Å². The summed E-state index contributed by atoms with van der Waals surface area (Å²) in [7, 11) is -2.50. The number of hydrogen-bond acceptors (Lipinski definition) is 6. The molecule has 2 unspecified atom stereocenters. The summed E-state index contributed by atoms with van der Waals surface area (Å²) in [5.41, 5.74) is -0.162. The number of likely N-dealkylation sites (tertiary alicyclic amines) is 1. The van der Waals surface area contributed by atoms with Crippen molar-refractivity contribution in [2.45, 2.75) is 109 Å². The molecule has 1 aromatic rings. The van der Waals surface area contributed by atoms with E-state index >= 15 is 0 Å². The third kappa shape index (κ3) is 9.77. The molecular formula is C39H59N6O6S+. The number of nitrogens with one attached hydrogen (secondary N) is 4. The van der Waals surface area contributed by atoms with E-state index in [9.17, 15) is 28.2 Å². The van der Waals surface area contributed by atoms with Crippen molar-refractivity contribution >= 4 is 39.7 Å². The lowest BCUT2D eigenvalue weighted by Crippen LogP contribution is -2.62. The zero-order chi connectivity index (χ0) is 38.6. The Kier molecular flexibility index (Phi) is 12.9. The number of rotatable bonds is 15. The third-order valence-corrected chi connectivity index (χ3v) is 12.9. The topological polar surface area (TPSA) is 157 Å². The van der Waals surface area contributed by atoms with Crippen LogP contribution in [-0.4, -0.2) is 88.8 Å². The van der Waals surface area contributed by atoms with E-state index in [4.69, 9.17) is 0 Å². The Balaban J connectivity index is 1.52. The number of fused-ring (bicyclic) bond motifs is 1. The van der Waals surface area contributed by atoms with Crippen LogP contribution in [0.25, 0.3) is 0 Å². The van der Waals surface area contributed by atoms with Crippen LogP contribution >= 0.6 is 0 Å². The molecule has 1 aliphatic carbocycles. The lowest BCUT2D eigenvalue weighted by atomic mass is 9.85. The van der Waals surface area contributed by atoms with Crippen molar-refractivity contribution in [2.24, 2.45) is 22.7 Å². The summed E-state index contributed by atoms with van der Waals surface area (Å²) in [5, 5.41) is 11.4. The second-order valence-electron chi connectivity index (χ2n) is 16.7. The quantitative estimate of drug-likeness (QED) is 0.121. The number of nitrogens with zero attached hydrogens (tertiary/aromatic N) is 2. The van der Waals surface area contributed by atoms with E-state index in [0.29, 0.717) is 32.4 Å². The molecule has 2 heterocycles. The summed E-state index contributed by atoms with van der Waals surface area (Å²) in [6.45, 7) is 20.2. The minimum absolute atomic E-state index is 0.123. The second-order valence-corrected chi connectivity index (χ2v) is 19.3. The fraction of sp³-hybridized carbons (Fsp3) is 0.615. The van der Waals surface area contributed by atoms with Crippen molar-refractivity contribution in [2.75, 3.05) is 25.9 Å². The molecule has 6 atom stereocenters. The molecule has 1 aromatic carbocycles. The normalized spacial score (nSPS) is 23.5. The van der Waals surface area contributed by atoms with Gasteiger partial charge in [-0.25, -0.2) is 4.79 Å². The van der Waals surface area contributed by atoms with Crippen molar-refractivity contribution in [1.29, 1.82) is 0 Å². The molecule has 0 bridgehead atoms. The number of Topliss-reactive ketones (excluding diaryl/α,β-unsaturated/α-hetero) is 1. The van der Waals surface area contributed by atoms with E-state index in [1.165, 1.54) is 11.0 Å². The van der Waals surface area contributed by atoms with Gasteiger partial charge in [-0.05, 0) is 48.0 Å². The average Bonchev–Trinajstić information content (AvgIpc) is 3.72. The molecule has 3 aliphatic rings. The Labute approximate surface area is 310 Å². The van der Waals surface area contributed by atoms with Gasteiger partial charge < -0.3 is 26.2 Å². The molecule has 1 saturated heterocycles. The molecule has 0 aromatic heterocycles. The van der Waals surface area contributed by atoms with E-state index < -0.39 is 74.7 Å². The highest BCUT2D eigenvalue weighted by atomic mass is 32.3. The molecule has 12 nitrogen and oxygen atoms in total. The van der Waals surface area contributed by atoms with Crippen LogP contribution in [0.1, 0.15) is 79.2 Å². The number of carbonyl (C=O) groups excluding carboxylic acids is 5. The van der Waals surface area contributed by atoms with Gasteiger partial charge in [0.1, 0.15) is 18.3 Å². The smallest absolute Gasteiger partial charge is 0.315 e. The number of benzene rings is 1. The zero-order valence-electron chi connectivity index (χ0n) is 32.0. The number of carbonyl (C=O) groups is 5. The van der Waals surface area contributed by atoms with Gasteiger partial charge in [-0.3, -0.25) is 19.2 Å². The van der Waals surface area contributed by atoms with Crippen LogP contribution in [0.15, 0.2) is 54.5 Å². The molecule has 1 saturated carbocycles. The summed E-state index contributed by atoms with van der Waals surface area (Å²) in [6.07, 6.45) is 8.09. The van der Waals surface area contributed by atoms with Crippen LogP contribution in [0.5, 0.6) is 0 Å². The molecule has 2 fully saturated rings. The summed E-state index contributed by atoms with van der Waals surface area (Å²) in [6, 6.07) is 3.74. The van der Waals surface area contributed by atoms with Gasteiger partial charge in [0.15, 0.2) is 15.0 Å². The number of allylic oxidation sites excluding steroid dienone is 1. The fourth-order valence-electron chi connectivity index (χ4n) is 7.05. The zero-order valence-corrected chi connectivity index (χ0v) is 32.8. The van der Waals surface area contributed by atoms with Gasteiger partial charge in [-0.2, -0.15) is 0 Å². The van der Waals surface area contributed by atoms with Crippen LogP contribution in [0, 0.1) is 22.7 Å². The summed E-state index contributed by atoms with van der Waals surface area (Å²) >= 11 is 0. The Bertz CT molecular complexity index is 1590. The predicted molar refractivity (Wildman–Crippen MR) is 203 cm³/mol. The maximum absolute atomic E-state index is 14.5. The number of urea groups is 1. The first-order valence-electron chi connectivity index (χ1n) is 18.3. The number of amides is 5. The van der Waals surface area contributed by atoms with Gasteiger partial charge in [0.2, 0.25) is 17.6 Å². The number of hydrogen-bond donors (Lipinski definition) is 4. The monoisotopic (exact) mass is 739 g/mol. The second kappa shape index (κ2) is 16.4. The van der Waals surface area contributed by atoms with Gasteiger partial charge >= 0.3 is 6.03 Å². The molecule has 4 rings (SSSR count). The molecule has 13 heteroatoms. The first-order valence-corrected chi connectivity index (χ1v) is 20.3. The molecule has 286 valence electrons. The lowest BCUT2D eigenvalue weighted by molar-refractivity contribution is -0.144. The molecule has 2 aliphatic heterocycles. The molecule has 0 spiro atoms. The van der Waals surface area contributed by atoms with E-state index in [1.807, 2.05) is 70.1 Å². The van der Waals surface area contributed by atoms with Crippen molar-refractivity contribution in [1.82, 2.24) is 30.5 Å². The minimum atomic E-state index is -2.50. The van der Waals surface area contributed by atoms with Crippen LogP contribution in [0.3, 0.4) is 0 Å². The van der Waals surface area contributed by atoms with Crippen LogP contribution in [0.4, 0.5) is 4.79 Å². The maximum atomic E-state index is 14.5. The lowest BCUT2D eigenvalue weighted by Gasteiger charge is -2.38. The van der Waals surface area contributed by atoms with Gasteiger partial charge in [0, 0.05) is 18.7 Å². The highest BCUT2D eigenvalue weighted by Gasteiger charge is 2.48. The van der Waals surface area contributed by atoms with Gasteiger partial charge in [-0.1, -0.05) is 88.9 Å². The highest BCUT2D eigenvalue weighted by molar-refractivity contribution is 8.00. The first-order chi connectivity index (χ1) is 24.3. The summed E-state index contributed by atoms with van der Waals surface area (Å²) < 4.78 is 15.8. The van der Waals surface area contributed by atoms with E-state index in [2.05, 4.69) is 34.4 Å². The van der Waals surface area contributed by atoms with E-state index in [-0.39, 0.29) is 24.9 Å². The highest BCUT2D eigenvalue weighted by Crippen LogP contribution is 2.37. The maximum Gasteiger partial charge on any atom is 0.315 e. The van der Waals surface area contributed by atoms with Gasteiger partial charge in [0.05, 0.1) is 25.2 Å². The third-order valence-electron chi connectivity index (χ3n) is 10.4. The Hall–Kier alpha value is -3.84. The molecular weight excluding hydrogens is 681 g/mol. The molecule has 5 amide bonds. The van der Waals surface area contributed by atoms with Crippen LogP contribution in [-0.2, 0) is 40.1 Å². The van der Waals surface area contributed by atoms with Crippen molar-refractivity contribution < 1.29 is 28.2 Å². The van der Waals surface area contributed by atoms with E-state index in [0.717, 1.165) is 23.3 Å². The standard InChI is InChI=1S/C39H58N6O6S/c1-10-14-26-19-21-45(31(26)34(47)41-28(22-25-17-18-25)32(46)35(48)40-20-11-2)36(49)33(39(6,7)8)43-37(50)42-30(38(3,4)5)24-44-23-27-15-12-13-16-29(27)52(44,9)51/h10-13,15-16,25-26,28,30-31,33H,1-2,14,17-24H2,3-9H3,(H3-,40,41,42,43,47,48,50)/p+1/t26-,28?,30+,31-,33+,52?/m0/s1. The van der Waals surface area contributed by atoms with Crippen molar-refractivity contribution in [3.05, 3.63) is 55.1 Å². The van der Waals surface area contributed by atoms with Gasteiger partial charge in [0.25, 0.3) is 5.91 Å². The average molecular weight is 740 g/mol. The number of ketones is 1. The largest absolute Gasteiger partial charge is 0.346 e. The van der Waals surface area contributed by atoms with Crippen LogP contribution < -0.4 is 21.3 Å². The Morgan fingerprint density at radius 2 is 1.62 bits per heavy atom. The van der Waals surface area contributed by atoms with Crippen molar-refractivity contribution in [3.8, 4) is 0 Å². The SMILES string of the molecule is C=CCNC(=O)C(=O)C(CC1CC1)NC(=O)[C@@H]1[C@@H](CC=C)CCN1C(=O)[C@@H](NC(=O)N[C@H](CN1Cc2ccccc2[S+]1(C)=O)C(C)(C)C)C(C)(C)C. The molecule has 52 heavy (non-hydrogen) atoms. The minimum Gasteiger partial charge on any atom is -0.346 e. The Morgan fingerprint density at radius 1 is 0.942 bits per heavy atom. The summed E-state index contributed by atoms with van der Waals surface area (Å²) in [4.78, 5) is 70.5. The van der Waals surface area contributed by atoms with E-state index in [1.54, 1.807) is 12.3 Å².